The van der Waals surface area contributed by atoms with Gasteiger partial charge in [-0.3, -0.25) is 0 Å². The van der Waals surface area contributed by atoms with Crippen LogP contribution in [0.5, 0.6) is 0 Å². The summed E-state index contributed by atoms with van der Waals surface area (Å²) in [6, 6.07) is 3.94. The normalized spacial score (nSPS) is 20.9. The standard InChI is InChI=1S/C12H20N2O/c1(3-11-5-7-14-9-11)6-13-10-12-4-2-8-15-12/h2,4,8,11,13-14H,1,3,5-7,9-10H2. The van der Waals surface area contributed by atoms with Gasteiger partial charge in [0, 0.05) is 0 Å². The van der Waals surface area contributed by atoms with Crippen LogP contribution in [0, 0.1) is 5.92 Å². The van der Waals surface area contributed by atoms with Crippen molar-refractivity contribution in [3.05, 3.63) is 24.2 Å². The summed E-state index contributed by atoms with van der Waals surface area (Å²) < 4.78 is 5.24. The molecule has 1 fully saturated rings. The summed E-state index contributed by atoms with van der Waals surface area (Å²) in [4.78, 5) is 0. The van der Waals surface area contributed by atoms with E-state index in [4.69, 9.17) is 4.42 Å². The van der Waals surface area contributed by atoms with Gasteiger partial charge < -0.3 is 15.1 Å². The van der Waals surface area contributed by atoms with E-state index in [-0.39, 0.29) is 0 Å². The highest BCUT2D eigenvalue weighted by Gasteiger charge is 2.12. The Balaban J connectivity index is 1.48. The first-order valence-corrected chi connectivity index (χ1v) is 5.89. The van der Waals surface area contributed by atoms with Crippen LogP contribution in [-0.4, -0.2) is 19.6 Å². The molecule has 0 saturated carbocycles. The summed E-state index contributed by atoms with van der Waals surface area (Å²) in [5.74, 6) is 1.94. The highest BCUT2D eigenvalue weighted by molar-refractivity contribution is 4.97. The van der Waals surface area contributed by atoms with E-state index < -0.39 is 0 Å². The fraction of sp³-hybridized carbons (Fsp3) is 0.667. The van der Waals surface area contributed by atoms with Crippen LogP contribution >= 0.6 is 0 Å². The summed E-state index contributed by atoms with van der Waals surface area (Å²) in [5, 5.41) is 6.80. The fourth-order valence-electron chi connectivity index (χ4n) is 2.10. The van der Waals surface area contributed by atoms with Crippen molar-refractivity contribution >= 4 is 0 Å². The Hall–Kier alpha value is -0.800. The second-order valence-corrected chi connectivity index (χ2v) is 4.26. The van der Waals surface area contributed by atoms with E-state index in [2.05, 4.69) is 10.6 Å². The number of hydrogen-bond acceptors (Lipinski definition) is 3. The van der Waals surface area contributed by atoms with Crippen molar-refractivity contribution in [1.82, 2.24) is 10.6 Å². The molecular formula is C12H20N2O. The van der Waals surface area contributed by atoms with Crippen LogP contribution in [0.15, 0.2) is 22.8 Å². The van der Waals surface area contributed by atoms with E-state index in [0.717, 1.165) is 24.8 Å². The van der Waals surface area contributed by atoms with Crippen molar-refractivity contribution in [2.45, 2.75) is 25.8 Å². The highest BCUT2D eigenvalue weighted by atomic mass is 16.3. The molecule has 15 heavy (non-hydrogen) atoms. The molecule has 2 rings (SSSR count). The van der Waals surface area contributed by atoms with Gasteiger partial charge in [-0.1, -0.05) is 0 Å². The summed E-state index contributed by atoms with van der Waals surface area (Å²) in [6.07, 6.45) is 5.70. The predicted molar refractivity (Wildman–Crippen MR) is 60.6 cm³/mol. The number of nitrogens with one attached hydrogen (secondary N) is 2. The van der Waals surface area contributed by atoms with Crippen LogP contribution in [0.1, 0.15) is 25.0 Å². The molecule has 1 aromatic rings. The Morgan fingerprint density at radius 1 is 1.53 bits per heavy atom. The average Bonchev–Trinajstić information content (AvgIpc) is 2.88. The van der Waals surface area contributed by atoms with Gasteiger partial charge in [-0.2, -0.15) is 0 Å². The molecule has 1 unspecified atom stereocenters. The van der Waals surface area contributed by atoms with Gasteiger partial charge in [0.1, 0.15) is 5.76 Å². The molecule has 0 amide bonds. The van der Waals surface area contributed by atoms with Crippen molar-refractivity contribution in [2.24, 2.45) is 5.92 Å². The molecule has 2 heterocycles. The molecule has 0 bridgehead atoms. The zero-order valence-electron chi connectivity index (χ0n) is 9.17. The first kappa shape index (κ1) is 10.7. The summed E-state index contributed by atoms with van der Waals surface area (Å²) >= 11 is 0. The first-order chi connectivity index (χ1) is 7.45. The SMILES string of the molecule is c1coc(CNCCCC2CCNC2)c1. The molecule has 1 saturated heterocycles. The van der Waals surface area contributed by atoms with Gasteiger partial charge >= 0.3 is 0 Å². The van der Waals surface area contributed by atoms with Crippen LogP contribution in [-0.2, 0) is 6.54 Å². The lowest BCUT2D eigenvalue weighted by molar-refractivity contribution is 0.460. The van der Waals surface area contributed by atoms with Gasteiger partial charge in [-0.25, -0.2) is 0 Å². The monoisotopic (exact) mass is 208 g/mol. The van der Waals surface area contributed by atoms with Crippen molar-refractivity contribution in [3.63, 3.8) is 0 Å². The minimum atomic E-state index is 0.857. The number of furan rings is 1. The third-order valence-electron chi connectivity index (χ3n) is 3.01. The molecule has 84 valence electrons. The zero-order chi connectivity index (χ0) is 10.3. The van der Waals surface area contributed by atoms with Gasteiger partial charge in [-0.15, -0.1) is 0 Å². The van der Waals surface area contributed by atoms with Gasteiger partial charge in [0.2, 0.25) is 0 Å². The third-order valence-corrected chi connectivity index (χ3v) is 3.01. The molecular weight excluding hydrogens is 188 g/mol. The first-order valence-electron chi connectivity index (χ1n) is 5.89. The summed E-state index contributed by atoms with van der Waals surface area (Å²) in [6.45, 7) is 4.38. The van der Waals surface area contributed by atoms with E-state index in [9.17, 15) is 0 Å². The van der Waals surface area contributed by atoms with Crippen LogP contribution in [0.25, 0.3) is 0 Å². The summed E-state index contributed by atoms with van der Waals surface area (Å²) in [5.41, 5.74) is 0. The van der Waals surface area contributed by atoms with Crippen molar-refractivity contribution in [1.29, 1.82) is 0 Å². The van der Waals surface area contributed by atoms with Crippen LogP contribution in [0.3, 0.4) is 0 Å². The Labute approximate surface area is 91.2 Å². The van der Waals surface area contributed by atoms with E-state index in [1.54, 1.807) is 6.26 Å². The Morgan fingerprint density at radius 2 is 2.53 bits per heavy atom. The number of hydrogen-bond donors (Lipinski definition) is 2. The minimum Gasteiger partial charge on any atom is -0.468 e. The lowest BCUT2D eigenvalue weighted by Gasteiger charge is -2.07. The predicted octanol–water partition coefficient (Wildman–Crippen LogP) is 1.76. The topological polar surface area (TPSA) is 37.2 Å². The molecule has 1 aromatic heterocycles. The molecule has 2 N–H and O–H groups in total. The van der Waals surface area contributed by atoms with E-state index in [0.29, 0.717) is 0 Å². The maximum Gasteiger partial charge on any atom is 0.117 e. The second kappa shape index (κ2) is 5.93. The Bertz CT molecular complexity index is 253. The molecule has 3 nitrogen and oxygen atoms in total. The van der Waals surface area contributed by atoms with E-state index >= 15 is 0 Å². The Kier molecular flexibility index (Phi) is 4.23. The smallest absolute Gasteiger partial charge is 0.117 e. The fourth-order valence-corrected chi connectivity index (χ4v) is 2.10. The molecule has 0 aliphatic carbocycles. The van der Waals surface area contributed by atoms with E-state index in [1.807, 2.05) is 12.1 Å². The van der Waals surface area contributed by atoms with Gasteiger partial charge in [0.25, 0.3) is 0 Å². The van der Waals surface area contributed by atoms with Crippen molar-refractivity contribution in [3.8, 4) is 0 Å². The van der Waals surface area contributed by atoms with Crippen molar-refractivity contribution < 1.29 is 4.42 Å². The largest absolute Gasteiger partial charge is 0.468 e. The summed E-state index contributed by atoms with van der Waals surface area (Å²) in [7, 11) is 0. The molecule has 0 spiro atoms. The van der Waals surface area contributed by atoms with Gasteiger partial charge in [-0.05, 0) is 56.9 Å². The van der Waals surface area contributed by atoms with E-state index in [1.165, 1.54) is 32.4 Å². The molecule has 3 heteroatoms. The quantitative estimate of drug-likeness (QED) is 0.699. The lowest BCUT2D eigenvalue weighted by atomic mass is 10.0. The zero-order valence-corrected chi connectivity index (χ0v) is 9.17. The maximum atomic E-state index is 5.24. The van der Waals surface area contributed by atoms with Crippen LogP contribution in [0.4, 0.5) is 0 Å². The molecule has 1 atom stereocenters. The third kappa shape index (κ3) is 3.68. The maximum absolute atomic E-state index is 5.24. The molecule has 0 radical (unpaired) electrons. The second-order valence-electron chi connectivity index (χ2n) is 4.26. The van der Waals surface area contributed by atoms with Crippen LogP contribution < -0.4 is 10.6 Å². The van der Waals surface area contributed by atoms with Crippen molar-refractivity contribution in [2.75, 3.05) is 19.6 Å². The van der Waals surface area contributed by atoms with Crippen LogP contribution in [0.2, 0.25) is 0 Å². The molecule has 1 aliphatic heterocycles. The minimum absolute atomic E-state index is 0.857. The molecule has 0 aromatic carbocycles. The molecule has 1 aliphatic rings. The number of rotatable bonds is 6. The van der Waals surface area contributed by atoms with Gasteiger partial charge in [0.15, 0.2) is 0 Å². The Morgan fingerprint density at radius 3 is 3.27 bits per heavy atom. The van der Waals surface area contributed by atoms with Gasteiger partial charge in [0.05, 0.1) is 12.8 Å². The highest BCUT2D eigenvalue weighted by Crippen LogP contribution is 2.13. The average molecular weight is 208 g/mol. The lowest BCUT2D eigenvalue weighted by Crippen LogP contribution is -2.16.